The van der Waals surface area contributed by atoms with E-state index in [4.69, 9.17) is 9.84 Å². The lowest BCUT2D eigenvalue weighted by atomic mass is 10.2. The van der Waals surface area contributed by atoms with E-state index < -0.39 is 18.2 Å². The average Bonchev–Trinajstić information content (AvgIpc) is 3.04. The van der Waals surface area contributed by atoms with Gasteiger partial charge in [-0.1, -0.05) is 6.92 Å². The summed E-state index contributed by atoms with van der Waals surface area (Å²) in [6, 6.07) is 4.05. The minimum absolute atomic E-state index is 0.227. The van der Waals surface area contributed by atoms with Crippen LogP contribution < -0.4 is 5.32 Å². The summed E-state index contributed by atoms with van der Waals surface area (Å²) in [5.74, 6) is -1.23. The highest BCUT2D eigenvalue weighted by Gasteiger charge is 2.34. The molecule has 1 fully saturated rings. The molecular formula is C13H17NO4S. The van der Waals surface area contributed by atoms with Crippen LogP contribution in [-0.2, 0) is 27.3 Å². The number of carbonyl (C=O) groups excluding carboxylic acids is 1. The van der Waals surface area contributed by atoms with Crippen molar-refractivity contribution in [1.29, 1.82) is 0 Å². The van der Waals surface area contributed by atoms with Gasteiger partial charge in [-0.3, -0.25) is 4.79 Å². The van der Waals surface area contributed by atoms with Gasteiger partial charge in [-0.2, -0.15) is 0 Å². The third-order valence-corrected chi connectivity index (χ3v) is 4.32. The molecule has 0 radical (unpaired) electrons. The first-order valence-electron chi connectivity index (χ1n) is 6.33. The number of thiophene rings is 1. The number of carboxylic acids is 1. The van der Waals surface area contributed by atoms with Crippen LogP contribution in [0, 0.1) is 0 Å². The predicted octanol–water partition coefficient (Wildman–Crippen LogP) is 1.56. The molecule has 2 N–H and O–H groups in total. The fourth-order valence-corrected chi connectivity index (χ4v) is 2.90. The van der Waals surface area contributed by atoms with Gasteiger partial charge in [0.25, 0.3) is 0 Å². The number of aryl methyl sites for hydroxylation is 1. The summed E-state index contributed by atoms with van der Waals surface area (Å²) in [5, 5.41) is 11.6. The Kier molecular flexibility index (Phi) is 4.55. The number of hydrogen-bond acceptors (Lipinski definition) is 4. The van der Waals surface area contributed by atoms with Crippen molar-refractivity contribution in [2.75, 3.05) is 0 Å². The molecule has 0 spiro atoms. The maximum absolute atomic E-state index is 11.8. The lowest BCUT2D eigenvalue weighted by Crippen LogP contribution is -2.35. The summed E-state index contributed by atoms with van der Waals surface area (Å²) in [6.45, 7) is 2.56. The van der Waals surface area contributed by atoms with E-state index in [9.17, 15) is 9.59 Å². The highest BCUT2D eigenvalue weighted by molar-refractivity contribution is 7.11. The zero-order valence-electron chi connectivity index (χ0n) is 10.7. The SMILES string of the molecule is CCc1ccc(CNC(=O)[C@@H]2CC[C@H](C(=O)O)O2)s1. The molecule has 5 nitrogen and oxygen atoms in total. The molecule has 19 heavy (non-hydrogen) atoms. The van der Waals surface area contributed by atoms with Crippen molar-refractivity contribution >= 4 is 23.2 Å². The highest BCUT2D eigenvalue weighted by Crippen LogP contribution is 2.21. The second-order valence-corrected chi connectivity index (χ2v) is 5.72. The van der Waals surface area contributed by atoms with Gasteiger partial charge in [0.1, 0.15) is 6.10 Å². The number of carbonyl (C=O) groups is 2. The average molecular weight is 283 g/mol. The highest BCUT2D eigenvalue weighted by atomic mass is 32.1. The third-order valence-electron chi connectivity index (χ3n) is 3.09. The Morgan fingerprint density at radius 2 is 2.05 bits per heavy atom. The van der Waals surface area contributed by atoms with Crippen molar-refractivity contribution in [2.45, 2.75) is 44.9 Å². The van der Waals surface area contributed by atoms with E-state index in [1.54, 1.807) is 11.3 Å². The zero-order chi connectivity index (χ0) is 13.8. The number of hydrogen-bond donors (Lipinski definition) is 2. The minimum atomic E-state index is -0.999. The molecule has 0 aliphatic carbocycles. The fourth-order valence-electron chi connectivity index (χ4n) is 2.01. The minimum Gasteiger partial charge on any atom is -0.479 e. The van der Waals surface area contributed by atoms with Gasteiger partial charge in [0.05, 0.1) is 6.54 Å². The molecule has 0 unspecified atom stereocenters. The van der Waals surface area contributed by atoms with Crippen LogP contribution in [0.4, 0.5) is 0 Å². The lowest BCUT2D eigenvalue weighted by molar-refractivity contribution is -0.151. The first-order chi connectivity index (χ1) is 9.10. The second-order valence-electron chi connectivity index (χ2n) is 4.47. The van der Waals surface area contributed by atoms with Gasteiger partial charge < -0.3 is 15.2 Å². The fraction of sp³-hybridized carbons (Fsp3) is 0.538. The number of nitrogens with one attached hydrogen (secondary N) is 1. The maximum atomic E-state index is 11.8. The van der Waals surface area contributed by atoms with Crippen molar-refractivity contribution in [2.24, 2.45) is 0 Å². The Balaban J connectivity index is 1.80. The van der Waals surface area contributed by atoms with Crippen LogP contribution in [0.25, 0.3) is 0 Å². The van der Waals surface area contributed by atoms with E-state index >= 15 is 0 Å². The van der Waals surface area contributed by atoms with E-state index in [0.717, 1.165) is 11.3 Å². The first-order valence-corrected chi connectivity index (χ1v) is 7.15. The van der Waals surface area contributed by atoms with Crippen LogP contribution in [0.15, 0.2) is 12.1 Å². The predicted molar refractivity (Wildman–Crippen MR) is 71.1 cm³/mol. The van der Waals surface area contributed by atoms with E-state index in [1.807, 2.05) is 6.07 Å². The molecule has 1 aliphatic rings. The van der Waals surface area contributed by atoms with Gasteiger partial charge in [-0.25, -0.2) is 4.79 Å². The van der Waals surface area contributed by atoms with E-state index in [0.29, 0.717) is 19.4 Å². The molecule has 1 aliphatic heterocycles. The molecule has 1 amide bonds. The van der Waals surface area contributed by atoms with Crippen LogP contribution in [0.2, 0.25) is 0 Å². The Bertz CT molecular complexity index is 471. The van der Waals surface area contributed by atoms with Crippen LogP contribution in [0.5, 0.6) is 0 Å². The van der Waals surface area contributed by atoms with Gasteiger partial charge in [0.2, 0.25) is 5.91 Å². The van der Waals surface area contributed by atoms with Crippen LogP contribution in [-0.4, -0.2) is 29.2 Å². The molecule has 2 heterocycles. The standard InChI is InChI=1S/C13H17NO4S/c1-2-8-3-4-9(19-8)7-14-12(15)10-5-6-11(18-10)13(16)17/h3-4,10-11H,2,5-7H2,1H3,(H,14,15)(H,16,17)/t10-,11+/m0/s1. The number of rotatable bonds is 5. The molecule has 104 valence electrons. The monoisotopic (exact) mass is 283 g/mol. The molecule has 1 aromatic heterocycles. The van der Waals surface area contributed by atoms with Gasteiger partial charge in [-0.15, -0.1) is 11.3 Å². The number of carboxylic acid groups (broad SMARTS) is 1. The number of ether oxygens (including phenoxy) is 1. The molecule has 0 saturated carbocycles. The van der Waals surface area contributed by atoms with Gasteiger partial charge in [-0.05, 0) is 31.4 Å². The third kappa shape index (κ3) is 3.54. The van der Waals surface area contributed by atoms with Gasteiger partial charge >= 0.3 is 5.97 Å². The Morgan fingerprint density at radius 3 is 2.63 bits per heavy atom. The van der Waals surface area contributed by atoms with Crippen molar-refractivity contribution in [1.82, 2.24) is 5.32 Å². The normalized spacial score (nSPS) is 22.4. The van der Waals surface area contributed by atoms with Crippen LogP contribution >= 0.6 is 11.3 Å². The lowest BCUT2D eigenvalue weighted by Gasteiger charge is -2.11. The quantitative estimate of drug-likeness (QED) is 0.860. The molecule has 2 rings (SSSR count). The number of amides is 1. The Morgan fingerprint density at radius 1 is 1.37 bits per heavy atom. The molecule has 6 heteroatoms. The smallest absolute Gasteiger partial charge is 0.332 e. The van der Waals surface area contributed by atoms with Gasteiger partial charge in [0.15, 0.2) is 6.10 Å². The molecule has 1 aromatic rings. The van der Waals surface area contributed by atoms with E-state index in [2.05, 4.69) is 18.3 Å². The van der Waals surface area contributed by atoms with Gasteiger partial charge in [0, 0.05) is 9.75 Å². The number of aliphatic carboxylic acids is 1. The second kappa shape index (κ2) is 6.16. The first kappa shape index (κ1) is 14.0. The maximum Gasteiger partial charge on any atom is 0.332 e. The molecule has 1 saturated heterocycles. The van der Waals surface area contributed by atoms with Crippen LogP contribution in [0.3, 0.4) is 0 Å². The summed E-state index contributed by atoms with van der Waals surface area (Å²) in [5.41, 5.74) is 0. The Hall–Kier alpha value is -1.40. The molecular weight excluding hydrogens is 266 g/mol. The summed E-state index contributed by atoms with van der Waals surface area (Å²) in [4.78, 5) is 24.9. The van der Waals surface area contributed by atoms with Crippen molar-refractivity contribution in [3.05, 3.63) is 21.9 Å². The summed E-state index contributed by atoms with van der Waals surface area (Å²) in [6.07, 6.45) is 0.376. The Labute approximate surface area is 115 Å². The topological polar surface area (TPSA) is 75.6 Å². The molecule has 0 bridgehead atoms. The summed E-state index contributed by atoms with van der Waals surface area (Å²) in [7, 11) is 0. The summed E-state index contributed by atoms with van der Waals surface area (Å²) < 4.78 is 5.19. The molecule has 0 aromatic carbocycles. The zero-order valence-corrected chi connectivity index (χ0v) is 11.5. The van der Waals surface area contributed by atoms with Crippen molar-refractivity contribution < 1.29 is 19.4 Å². The van der Waals surface area contributed by atoms with E-state index in [1.165, 1.54) is 4.88 Å². The summed E-state index contributed by atoms with van der Waals surface area (Å²) >= 11 is 1.67. The van der Waals surface area contributed by atoms with Crippen molar-refractivity contribution in [3.63, 3.8) is 0 Å². The molecule has 2 atom stereocenters. The van der Waals surface area contributed by atoms with E-state index in [-0.39, 0.29) is 5.91 Å². The van der Waals surface area contributed by atoms with Crippen LogP contribution in [0.1, 0.15) is 29.5 Å². The largest absolute Gasteiger partial charge is 0.479 e. The van der Waals surface area contributed by atoms with Crippen molar-refractivity contribution in [3.8, 4) is 0 Å².